The first-order chi connectivity index (χ1) is 14.8. The number of nitrogens with one attached hydrogen (secondary N) is 1. The van der Waals surface area contributed by atoms with Crippen LogP contribution in [0.25, 0.3) is 0 Å². The smallest absolute Gasteiger partial charge is 0.410 e. The Morgan fingerprint density at radius 3 is 2.23 bits per heavy atom. The Labute approximate surface area is 182 Å². The van der Waals surface area contributed by atoms with Gasteiger partial charge in [-0.15, -0.1) is 0 Å². The molecule has 0 unspecified atom stereocenters. The molecule has 2 aromatic rings. The van der Waals surface area contributed by atoms with Crippen molar-refractivity contribution in [1.82, 2.24) is 14.5 Å². The standard InChI is InChI=1S/C22H27N3O5S/c1-24(2)31(28,29)20-10-8-18(9-11-20)21(26)23-16-17-12-14-25(15-13-17)22(27)30-19-6-4-3-5-7-19/h3-11,17H,12-16H2,1-2H3,(H,23,26). The van der Waals surface area contributed by atoms with E-state index in [1.807, 2.05) is 18.2 Å². The predicted octanol–water partition coefficient (Wildman–Crippen LogP) is 2.58. The summed E-state index contributed by atoms with van der Waals surface area (Å²) >= 11 is 0. The molecule has 1 N–H and O–H groups in total. The van der Waals surface area contributed by atoms with E-state index in [4.69, 9.17) is 4.74 Å². The average molecular weight is 446 g/mol. The highest BCUT2D eigenvalue weighted by atomic mass is 32.2. The highest BCUT2D eigenvalue weighted by molar-refractivity contribution is 7.89. The molecule has 8 nitrogen and oxygen atoms in total. The second kappa shape index (κ2) is 9.93. The van der Waals surface area contributed by atoms with Crippen LogP contribution in [0.5, 0.6) is 5.75 Å². The van der Waals surface area contributed by atoms with Gasteiger partial charge in [-0.25, -0.2) is 17.5 Å². The van der Waals surface area contributed by atoms with Crippen LogP contribution in [-0.2, 0) is 10.0 Å². The van der Waals surface area contributed by atoms with Gasteiger partial charge < -0.3 is 15.0 Å². The topological polar surface area (TPSA) is 96.0 Å². The summed E-state index contributed by atoms with van der Waals surface area (Å²) in [5.74, 6) is 0.532. The monoisotopic (exact) mass is 445 g/mol. The number of ether oxygens (including phenoxy) is 1. The Morgan fingerprint density at radius 2 is 1.65 bits per heavy atom. The van der Waals surface area contributed by atoms with Crippen LogP contribution in [-0.4, -0.2) is 63.4 Å². The van der Waals surface area contributed by atoms with Crippen molar-refractivity contribution in [2.24, 2.45) is 5.92 Å². The molecule has 1 fully saturated rings. The number of carbonyl (C=O) groups excluding carboxylic acids is 2. The number of carbonyl (C=O) groups is 2. The first-order valence-electron chi connectivity index (χ1n) is 10.1. The molecule has 31 heavy (non-hydrogen) atoms. The van der Waals surface area contributed by atoms with Gasteiger partial charge in [-0.2, -0.15) is 0 Å². The molecule has 0 aromatic heterocycles. The van der Waals surface area contributed by atoms with Gasteiger partial charge in [0.1, 0.15) is 5.75 Å². The molecule has 0 aliphatic carbocycles. The molecule has 1 heterocycles. The summed E-state index contributed by atoms with van der Waals surface area (Å²) in [7, 11) is -0.600. The molecular formula is C22H27N3O5S. The molecular weight excluding hydrogens is 418 g/mol. The first kappa shape index (κ1) is 22.8. The molecule has 0 saturated carbocycles. The van der Waals surface area contributed by atoms with Gasteiger partial charge in [0.15, 0.2) is 0 Å². The Hall–Kier alpha value is -2.91. The lowest BCUT2D eigenvalue weighted by Gasteiger charge is -2.31. The minimum absolute atomic E-state index is 0.142. The number of benzene rings is 2. The number of para-hydroxylation sites is 1. The summed E-state index contributed by atoms with van der Waals surface area (Å²) in [5.41, 5.74) is 0.404. The Kier molecular flexibility index (Phi) is 7.29. The summed E-state index contributed by atoms with van der Waals surface area (Å²) in [4.78, 5) is 26.5. The highest BCUT2D eigenvalue weighted by Crippen LogP contribution is 2.19. The van der Waals surface area contributed by atoms with E-state index in [0.29, 0.717) is 30.9 Å². The van der Waals surface area contributed by atoms with Crippen LogP contribution in [0.4, 0.5) is 4.79 Å². The summed E-state index contributed by atoms with van der Waals surface area (Å²) in [6, 6.07) is 14.8. The molecule has 2 amide bonds. The Bertz CT molecular complexity index is 999. The molecule has 3 rings (SSSR count). The maximum Gasteiger partial charge on any atom is 0.415 e. The van der Waals surface area contributed by atoms with E-state index in [1.165, 1.54) is 38.4 Å². The number of amides is 2. The number of rotatable bonds is 6. The molecule has 1 saturated heterocycles. The van der Waals surface area contributed by atoms with Crippen molar-refractivity contribution in [3.63, 3.8) is 0 Å². The van der Waals surface area contributed by atoms with Crippen molar-refractivity contribution in [3.8, 4) is 5.75 Å². The summed E-state index contributed by atoms with van der Waals surface area (Å²) < 4.78 is 30.7. The fourth-order valence-electron chi connectivity index (χ4n) is 3.30. The number of nitrogens with zero attached hydrogens (tertiary/aromatic N) is 2. The third-order valence-electron chi connectivity index (χ3n) is 5.27. The Balaban J connectivity index is 1.45. The summed E-state index contributed by atoms with van der Waals surface area (Å²) in [6.45, 7) is 1.64. The van der Waals surface area contributed by atoms with Gasteiger partial charge in [0.2, 0.25) is 10.0 Å². The fraction of sp³-hybridized carbons (Fsp3) is 0.364. The van der Waals surface area contributed by atoms with E-state index in [2.05, 4.69) is 5.32 Å². The third-order valence-corrected chi connectivity index (χ3v) is 7.10. The lowest BCUT2D eigenvalue weighted by atomic mass is 9.97. The summed E-state index contributed by atoms with van der Waals surface area (Å²) in [6.07, 6.45) is 1.18. The quantitative estimate of drug-likeness (QED) is 0.737. The molecule has 0 radical (unpaired) electrons. The molecule has 0 atom stereocenters. The van der Waals surface area contributed by atoms with Crippen molar-refractivity contribution in [3.05, 3.63) is 60.2 Å². The normalized spacial score (nSPS) is 15.0. The number of hydrogen-bond acceptors (Lipinski definition) is 5. The van der Waals surface area contributed by atoms with Crippen LogP contribution in [0.3, 0.4) is 0 Å². The lowest BCUT2D eigenvalue weighted by molar-refractivity contribution is 0.0931. The van der Waals surface area contributed by atoms with E-state index in [1.54, 1.807) is 17.0 Å². The van der Waals surface area contributed by atoms with Crippen LogP contribution in [0.1, 0.15) is 23.2 Å². The van der Waals surface area contributed by atoms with Gasteiger partial charge in [-0.3, -0.25) is 4.79 Å². The van der Waals surface area contributed by atoms with Crippen LogP contribution in [0, 0.1) is 5.92 Å². The molecule has 0 bridgehead atoms. The SMILES string of the molecule is CN(C)S(=O)(=O)c1ccc(C(=O)NCC2CCN(C(=O)Oc3ccccc3)CC2)cc1. The molecule has 2 aromatic carbocycles. The number of sulfonamides is 1. The number of piperidine rings is 1. The molecule has 0 spiro atoms. The van der Waals surface area contributed by atoms with E-state index in [0.717, 1.165) is 17.1 Å². The van der Waals surface area contributed by atoms with Gasteiger partial charge in [0.25, 0.3) is 5.91 Å². The first-order valence-corrected chi connectivity index (χ1v) is 11.5. The molecule has 1 aliphatic heterocycles. The number of likely N-dealkylation sites (tertiary alicyclic amines) is 1. The average Bonchev–Trinajstić information content (AvgIpc) is 2.78. The van der Waals surface area contributed by atoms with Crippen molar-refractivity contribution in [2.75, 3.05) is 33.7 Å². The van der Waals surface area contributed by atoms with Gasteiger partial charge in [-0.05, 0) is 55.2 Å². The van der Waals surface area contributed by atoms with Crippen LogP contribution < -0.4 is 10.1 Å². The molecule has 1 aliphatic rings. The summed E-state index contributed by atoms with van der Waals surface area (Å²) in [5, 5.41) is 2.90. The van der Waals surface area contributed by atoms with Crippen LogP contribution in [0.2, 0.25) is 0 Å². The van der Waals surface area contributed by atoms with Crippen molar-refractivity contribution < 1.29 is 22.7 Å². The molecule has 9 heteroatoms. The third kappa shape index (κ3) is 5.83. The van der Waals surface area contributed by atoms with Gasteiger partial charge in [-0.1, -0.05) is 18.2 Å². The van der Waals surface area contributed by atoms with Crippen molar-refractivity contribution in [1.29, 1.82) is 0 Å². The largest absolute Gasteiger partial charge is 0.415 e. The van der Waals surface area contributed by atoms with E-state index >= 15 is 0 Å². The number of hydrogen-bond donors (Lipinski definition) is 1. The van der Waals surface area contributed by atoms with Crippen molar-refractivity contribution >= 4 is 22.0 Å². The van der Waals surface area contributed by atoms with Crippen LogP contribution in [0.15, 0.2) is 59.5 Å². The Morgan fingerprint density at radius 1 is 1.03 bits per heavy atom. The maximum atomic E-state index is 12.4. The van der Waals surface area contributed by atoms with Crippen molar-refractivity contribution in [2.45, 2.75) is 17.7 Å². The van der Waals surface area contributed by atoms with Crippen LogP contribution >= 0.6 is 0 Å². The zero-order chi connectivity index (χ0) is 22.4. The van der Waals surface area contributed by atoms with E-state index < -0.39 is 10.0 Å². The van der Waals surface area contributed by atoms with E-state index in [-0.39, 0.29) is 22.8 Å². The second-order valence-electron chi connectivity index (χ2n) is 7.63. The molecule has 166 valence electrons. The second-order valence-corrected chi connectivity index (χ2v) is 9.79. The van der Waals surface area contributed by atoms with Gasteiger partial charge in [0, 0.05) is 39.3 Å². The lowest BCUT2D eigenvalue weighted by Crippen LogP contribution is -2.42. The van der Waals surface area contributed by atoms with E-state index in [9.17, 15) is 18.0 Å². The minimum atomic E-state index is -3.52. The van der Waals surface area contributed by atoms with Gasteiger partial charge >= 0.3 is 6.09 Å². The zero-order valence-corrected chi connectivity index (χ0v) is 18.5. The highest BCUT2D eigenvalue weighted by Gasteiger charge is 2.24. The zero-order valence-electron chi connectivity index (χ0n) is 17.7. The van der Waals surface area contributed by atoms with Gasteiger partial charge in [0.05, 0.1) is 4.90 Å². The predicted molar refractivity (Wildman–Crippen MR) is 116 cm³/mol. The maximum absolute atomic E-state index is 12.4. The fourth-order valence-corrected chi connectivity index (χ4v) is 4.20. The minimum Gasteiger partial charge on any atom is -0.410 e.